The van der Waals surface area contributed by atoms with Gasteiger partial charge in [0.15, 0.2) is 0 Å². The van der Waals surface area contributed by atoms with Crippen molar-refractivity contribution >= 4 is 29.0 Å². The normalized spacial score (nSPS) is 20.6. The van der Waals surface area contributed by atoms with Gasteiger partial charge in [-0.25, -0.2) is 28.3 Å². The molecule has 3 aromatic carbocycles. The van der Waals surface area contributed by atoms with Crippen molar-refractivity contribution in [3.8, 4) is 45.3 Å². The van der Waals surface area contributed by atoms with Gasteiger partial charge in [-0.05, 0) is 86.5 Å². The van der Waals surface area contributed by atoms with Gasteiger partial charge in [0.2, 0.25) is 12.1 Å². The number of likely N-dealkylation sites (tertiary alicyclic amines) is 2. The fourth-order valence-electron chi connectivity index (χ4n) is 11.4. The van der Waals surface area contributed by atoms with Gasteiger partial charge < -0.3 is 53.8 Å². The first-order valence-corrected chi connectivity index (χ1v) is 26.7. The predicted molar refractivity (Wildman–Crippen MR) is 282 cm³/mol. The standard InChI is InChI=1S/C57H69F2N9O8/c1-32(2)44(64-56(70)72-5)31-66-19-11-16-46(66)52-60-29-43(63-52)36-24-41(59)50-47-25-37-22-34(42-28-61-53(62-42)48-27-38(58)30-67(48)54(69)51(33(3)4)65-57(71)73-6)17-18-45(37)68(47)55(76-49(50)26-36)35-12-10-15-40(23-35)75-21-20-74-39-13-8-7-9-14-39/h10,12,15,17-18,22-26,28-29,32-33,38-39,44,46,48,51,55H,7-9,11,13-14,16,19-21,27,30-31H2,1-6H3,(H,60,63)(H,61,62)(H,64,70)(H,65,71). The number of nitrogens with zero attached hydrogens (tertiary/aromatic N) is 5. The van der Waals surface area contributed by atoms with E-state index in [9.17, 15) is 14.4 Å². The molecule has 0 radical (unpaired) electrons. The molecule has 19 heteroatoms. The van der Waals surface area contributed by atoms with Crippen molar-refractivity contribution in [1.29, 1.82) is 0 Å². The van der Waals surface area contributed by atoms with E-state index >= 15 is 8.78 Å². The molecule has 3 amide bonds. The maximum absolute atomic E-state index is 17.1. The topological polar surface area (TPSA) is 190 Å². The van der Waals surface area contributed by atoms with Crippen LogP contribution in [-0.4, -0.2) is 124 Å². The Bertz CT molecular complexity index is 3040. The number of H-pyrrole nitrogens is 2. The summed E-state index contributed by atoms with van der Waals surface area (Å²) in [4.78, 5) is 58.4. The molecule has 6 aromatic rings. The molecule has 4 aliphatic rings. The van der Waals surface area contributed by atoms with Gasteiger partial charge in [-0.1, -0.05) is 65.2 Å². The molecule has 3 fully saturated rings. The lowest BCUT2D eigenvalue weighted by Gasteiger charge is -2.31. The first-order valence-electron chi connectivity index (χ1n) is 26.7. The second-order valence-electron chi connectivity index (χ2n) is 21.2. The van der Waals surface area contributed by atoms with Crippen LogP contribution in [0.2, 0.25) is 0 Å². The van der Waals surface area contributed by atoms with Gasteiger partial charge >= 0.3 is 12.2 Å². The van der Waals surface area contributed by atoms with Crippen molar-refractivity contribution < 1.29 is 46.8 Å². The number of alkyl halides is 1. The number of hydrogen-bond donors (Lipinski definition) is 4. The van der Waals surface area contributed by atoms with Crippen LogP contribution in [-0.2, 0) is 19.0 Å². The number of hydrogen-bond acceptors (Lipinski definition) is 11. The zero-order valence-electron chi connectivity index (χ0n) is 44.1. The van der Waals surface area contributed by atoms with Crippen LogP contribution in [0.1, 0.15) is 115 Å². The number of carbonyl (C=O) groups is 3. The summed E-state index contributed by atoms with van der Waals surface area (Å²) < 4.78 is 63.4. The average Bonchev–Trinajstić information content (AvgIpc) is 4.32. The molecule has 1 aliphatic carbocycles. The van der Waals surface area contributed by atoms with E-state index in [1.807, 2.05) is 59.2 Å². The van der Waals surface area contributed by atoms with Gasteiger partial charge in [-0.2, -0.15) is 0 Å². The number of imidazole rings is 2. The number of benzene rings is 3. The first kappa shape index (κ1) is 52.5. The van der Waals surface area contributed by atoms with E-state index in [0.717, 1.165) is 60.1 Å². The highest BCUT2D eigenvalue weighted by atomic mass is 19.1. The SMILES string of the molecule is COC(=O)NC(CN1CCCC1c1ncc(-c2cc(F)c3c(c2)OC(c2cccc(OCCOC4CCCCC4)c2)n2c-3cc3cc(-c4cnc(C5CC(F)CN5C(=O)C(NC(=O)OC)C(C)C)[nH]4)ccc32)[nH]1)C(C)C. The van der Waals surface area contributed by atoms with Crippen LogP contribution in [0.3, 0.4) is 0 Å². The van der Waals surface area contributed by atoms with Crippen molar-refractivity contribution in [3.63, 3.8) is 0 Å². The lowest BCUT2D eigenvalue weighted by Crippen LogP contribution is -2.51. The van der Waals surface area contributed by atoms with Crippen molar-refractivity contribution in [2.24, 2.45) is 11.8 Å². The minimum atomic E-state index is -1.29. The second kappa shape index (κ2) is 22.7. The summed E-state index contributed by atoms with van der Waals surface area (Å²) in [5.74, 6) is 1.18. The average molecular weight is 1050 g/mol. The first-order chi connectivity index (χ1) is 36.8. The molecule has 17 nitrogen and oxygen atoms in total. The third-order valence-corrected chi connectivity index (χ3v) is 15.5. The molecule has 76 heavy (non-hydrogen) atoms. The number of amides is 3. The number of methoxy groups -OCH3 is 2. The second-order valence-corrected chi connectivity index (χ2v) is 21.2. The molecular formula is C57H69F2N9O8. The number of aromatic nitrogens is 5. The molecule has 1 saturated carbocycles. The molecule has 0 bridgehead atoms. The summed E-state index contributed by atoms with van der Waals surface area (Å²) in [6, 6.07) is 17.2. The molecule has 404 valence electrons. The third kappa shape index (κ3) is 11.0. The van der Waals surface area contributed by atoms with Gasteiger partial charge in [0, 0.05) is 41.1 Å². The highest BCUT2D eigenvalue weighted by Crippen LogP contribution is 2.48. The molecule has 6 unspecified atom stereocenters. The van der Waals surface area contributed by atoms with E-state index in [1.54, 1.807) is 26.2 Å². The zero-order chi connectivity index (χ0) is 53.2. The lowest BCUT2D eigenvalue weighted by atomic mass is 9.98. The molecule has 3 aromatic heterocycles. The predicted octanol–water partition coefficient (Wildman–Crippen LogP) is 10.4. The monoisotopic (exact) mass is 1050 g/mol. The Morgan fingerprint density at radius 3 is 2.29 bits per heavy atom. The number of rotatable bonds is 17. The van der Waals surface area contributed by atoms with Gasteiger partial charge in [0.05, 0.1) is 86.1 Å². The van der Waals surface area contributed by atoms with Crippen LogP contribution in [0, 0.1) is 17.7 Å². The largest absolute Gasteiger partial charge is 0.491 e. The zero-order valence-corrected chi connectivity index (χ0v) is 44.1. The minimum Gasteiger partial charge on any atom is -0.491 e. The Hall–Kier alpha value is -6.99. The van der Waals surface area contributed by atoms with Gasteiger partial charge in [0.1, 0.15) is 47.8 Å². The van der Waals surface area contributed by atoms with Gasteiger partial charge in [0.25, 0.3) is 0 Å². The van der Waals surface area contributed by atoms with Crippen LogP contribution in [0.4, 0.5) is 18.4 Å². The molecule has 4 N–H and O–H groups in total. The maximum Gasteiger partial charge on any atom is 0.407 e. The summed E-state index contributed by atoms with van der Waals surface area (Å²) in [6.45, 7) is 9.94. The van der Waals surface area contributed by atoms with Crippen LogP contribution in [0.5, 0.6) is 11.5 Å². The fourth-order valence-corrected chi connectivity index (χ4v) is 11.4. The highest BCUT2D eigenvalue weighted by molar-refractivity contribution is 5.93. The third-order valence-electron chi connectivity index (χ3n) is 15.5. The number of carbonyl (C=O) groups excluding carboxylic acids is 3. The minimum absolute atomic E-state index is 0.0248. The molecule has 6 heterocycles. The van der Waals surface area contributed by atoms with Crippen molar-refractivity contribution in [2.45, 2.75) is 122 Å². The molecule has 3 aliphatic heterocycles. The van der Waals surface area contributed by atoms with E-state index in [0.29, 0.717) is 65.3 Å². The van der Waals surface area contributed by atoms with Gasteiger partial charge in [-0.15, -0.1) is 0 Å². The van der Waals surface area contributed by atoms with Crippen LogP contribution in [0.25, 0.3) is 44.7 Å². The highest BCUT2D eigenvalue weighted by Gasteiger charge is 2.42. The van der Waals surface area contributed by atoms with Crippen molar-refractivity contribution in [1.82, 2.24) is 44.9 Å². The van der Waals surface area contributed by atoms with Crippen molar-refractivity contribution in [2.75, 3.05) is 47.1 Å². The summed E-state index contributed by atoms with van der Waals surface area (Å²) in [7, 11) is 2.59. The van der Waals surface area contributed by atoms with E-state index in [-0.39, 0.29) is 43.0 Å². The molecule has 2 saturated heterocycles. The maximum atomic E-state index is 17.1. The summed E-state index contributed by atoms with van der Waals surface area (Å²) in [5.41, 5.74) is 5.12. The Balaban J connectivity index is 0.963. The lowest BCUT2D eigenvalue weighted by molar-refractivity contribution is -0.135. The summed E-state index contributed by atoms with van der Waals surface area (Å²) in [6.07, 6.45) is 8.10. The number of nitrogens with one attached hydrogen (secondary N) is 4. The number of ether oxygens (including phenoxy) is 5. The summed E-state index contributed by atoms with van der Waals surface area (Å²) >= 11 is 0. The van der Waals surface area contributed by atoms with Crippen molar-refractivity contribution in [3.05, 3.63) is 96.1 Å². The van der Waals surface area contributed by atoms with E-state index in [1.165, 1.54) is 44.4 Å². The fraction of sp³-hybridized carbons (Fsp3) is 0.491. The van der Waals surface area contributed by atoms with Crippen LogP contribution < -0.4 is 20.1 Å². The summed E-state index contributed by atoms with van der Waals surface area (Å²) in [5, 5.41) is 6.40. The Morgan fingerprint density at radius 1 is 0.816 bits per heavy atom. The Kier molecular flexibility index (Phi) is 15.7. The quantitative estimate of drug-likeness (QED) is 0.0636. The molecule has 0 spiro atoms. The smallest absolute Gasteiger partial charge is 0.407 e. The number of aromatic amines is 2. The number of halogens is 2. The molecular weight excluding hydrogens is 977 g/mol. The number of alkyl carbamates (subject to hydrolysis) is 2. The Morgan fingerprint density at radius 2 is 1.55 bits per heavy atom. The number of fused-ring (bicyclic) bond motifs is 5. The Labute approximate surface area is 441 Å². The molecule has 6 atom stereocenters. The van der Waals surface area contributed by atoms with E-state index in [4.69, 9.17) is 28.7 Å². The van der Waals surface area contributed by atoms with Crippen LogP contribution in [0.15, 0.2) is 73.1 Å². The molecule has 10 rings (SSSR count). The van der Waals surface area contributed by atoms with E-state index in [2.05, 4.69) is 44.3 Å². The van der Waals surface area contributed by atoms with E-state index < -0.39 is 48.4 Å². The van der Waals surface area contributed by atoms with Crippen LogP contribution >= 0.6 is 0 Å². The van der Waals surface area contributed by atoms with Gasteiger partial charge in [-0.3, -0.25) is 9.69 Å².